The summed E-state index contributed by atoms with van der Waals surface area (Å²) in [6.07, 6.45) is 2.50. The number of hydrogen-bond donors (Lipinski definition) is 1. The molecule has 0 unspecified atom stereocenters. The van der Waals surface area contributed by atoms with Crippen LogP contribution in [-0.2, 0) is 16.4 Å². The second kappa shape index (κ2) is 5.88. The molecule has 110 valence electrons. The molecular formula is C13H13N3O4S. The molecule has 21 heavy (non-hydrogen) atoms. The summed E-state index contributed by atoms with van der Waals surface area (Å²) >= 11 is 0. The lowest BCUT2D eigenvalue weighted by Crippen LogP contribution is -2.03. The summed E-state index contributed by atoms with van der Waals surface area (Å²) in [5, 5.41) is 13.6. The van der Waals surface area contributed by atoms with Gasteiger partial charge in [-0.2, -0.15) is 0 Å². The van der Waals surface area contributed by atoms with Gasteiger partial charge in [0.2, 0.25) is 0 Å². The molecule has 1 aromatic carbocycles. The molecule has 2 aromatic rings. The molecule has 1 N–H and O–H groups in total. The van der Waals surface area contributed by atoms with Gasteiger partial charge in [-0.15, -0.1) is 0 Å². The molecule has 2 rings (SSSR count). The van der Waals surface area contributed by atoms with Crippen LogP contribution in [-0.4, -0.2) is 24.6 Å². The molecular weight excluding hydrogens is 294 g/mol. The third-order valence-corrected chi connectivity index (χ3v) is 3.91. The maximum absolute atomic E-state index is 11.3. The van der Waals surface area contributed by atoms with Crippen LogP contribution in [0.2, 0.25) is 0 Å². The van der Waals surface area contributed by atoms with Crippen molar-refractivity contribution in [2.75, 3.05) is 11.6 Å². The van der Waals surface area contributed by atoms with Crippen molar-refractivity contribution in [2.45, 2.75) is 11.4 Å². The molecule has 0 saturated carbocycles. The first-order valence-corrected chi connectivity index (χ1v) is 7.89. The number of benzene rings is 1. The number of sulfone groups is 1. The largest absolute Gasteiger partial charge is 0.366 e. The average Bonchev–Trinajstić information content (AvgIpc) is 2.45. The van der Waals surface area contributed by atoms with Gasteiger partial charge in [0.15, 0.2) is 9.84 Å². The van der Waals surface area contributed by atoms with Crippen LogP contribution in [0.5, 0.6) is 0 Å². The van der Waals surface area contributed by atoms with Gasteiger partial charge in [-0.1, -0.05) is 12.1 Å². The Bertz CT molecular complexity index is 757. The highest BCUT2D eigenvalue weighted by molar-refractivity contribution is 7.90. The summed E-state index contributed by atoms with van der Waals surface area (Å²) in [6.45, 7) is 0.387. The van der Waals surface area contributed by atoms with Crippen molar-refractivity contribution in [2.24, 2.45) is 0 Å². The van der Waals surface area contributed by atoms with Crippen molar-refractivity contribution >= 4 is 21.3 Å². The van der Waals surface area contributed by atoms with Crippen molar-refractivity contribution in [1.82, 2.24) is 4.98 Å². The van der Waals surface area contributed by atoms with Crippen LogP contribution in [0.15, 0.2) is 47.5 Å². The van der Waals surface area contributed by atoms with E-state index < -0.39 is 14.8 Å². The second-order valence-corrected chi connectivity index (χ2v) is 6.44. The highest BCUT2D eigenvalue weighted by Gasteiger charge is 2.08. The molecule has 0 atom stereocenters. The van der Waals surface area contributed by atoms with E-state index >= 15 is 0 Å². The molecule has 8 heteroatoms. The monoisotopic (exact) mass is 307 g/mol. The zero-order valence-corrected chi connectivity index (χ0v) is 12.0. The van der Waals surface area contributed by atoms with Crippen molar-refractivity contribution in [3.63, 3.8) is 0 Å². The number of rotatable bonds is 5. The number of nitrogens with zero attached hydrogens (tertiary/aromatic N) is 2. The molecule has 0 saturated heterocycles. The predicted octanol–water partition coefficient (Wildman–Crippen LogP) is 2.01. The average molecular weight is 307 g/mol. The van der Waals surface area contributed by atoms with Gasteiger partial charge < -0.3 is 5.32 Å². The van der Waals surface area contributed by atoms with Crippen molar-refractivity contribution in [1.29, 1.82) is 0 Å². The molecule has 7 nitrogen and oxygen atoms in total. The number of nitrogens with one attached hydrogen (secondary N) is 1. The molecule has 0 spiro atoms. The lowest BCUT2D eigenvalue weighted by atomic mass is 10.2. The fourth-order valence-corrected chi connectivity index (χ4v) is 2.31. The van der Waals surface area contributed by atoms with E-state index in [2.05, 4.69) is 10.3 Å². The zero-order valence-electron chi connectivity index (χ0n) is 11.2. The fourth-order valence-electron chi connectivity index (χ4n) is 1.68. The Labute approximate surface area is 121 Å². The van der Waals surface area contributed by atoms with E-state index in [9.17, 15) is 18.5 Å². The Morgan fingerprint density at radius 2 is 1.90 bits per heavy atom. The minimum absolute atomic E-state index is 0.0417. The standard InChI is InChI=1S/C13H13N3O4S/c1-21(19,20)12-4-2-10(3-5-12)9-15-13-8-11(16(17)18)6-7-14-13/h2-8H,9H2,1H3,(H,14,15). The Balaban J connectivity index is 2.06. The topological polar surface area (TPSA) is 102 Å². The van der Waals surface area contributed by atoms with Gasteiger partial charge in [-0.05, 0) is 17.7 Å². The van der Waals surface area contributed by atoms with Gasteiger partial charge >= 0.3 is 0 Å². The summed E-state index contributed by atoms with van der Waals surface area (Å²) in [6, 6.07) is 9.05. The maximum Gasteiger partial charge on any atom is 0.274 e. The van der Waals surface area contributed by atoms with Gasteiger partial charge in [0.05, 0.1) is 15.9 Å². The third kappa shape index (κ3) is 3.99. The minimum Gasteiger partial charge on any atom is -0.366 e. The Morgan fingerprint density at radius 1 is 1.24 bits per heavy atom. The first-order chi connectivity index (χ1) is 9.86. The van der Waals surface area contributed by atoms with E-state index in [1.807, 2.05) is 0 Å². The molecule has 0 amide bonds. The van der Waals surface area contributed by atoms with Gasteiger partial charge in [-0.3, -0.25) is 10.1 Å². The van der Waals surface area contributed by atoms with E-state index in [0.29, 0.717) is 12.4 Å². The SMILES string of the molecule is CS(=O)(=O)c1ccc(CNc2cc([N+](=O)[O-])ccn2)cc1. The third-order valence-electron chi connectivity index (χ3n) is 2.78. The van der Waals surface area contributed by atoms with E-state index in [0.717, 1.165) is 11.8 Å². The first-order valence-electron chi connectivity index (χ1n) is 5.99. The van der Waals surface area contributed by atoms with Gasteiger partial charge in [0.1, 0.15) is 5.82 Å². The number of hydrogen-bond acceptors (Lipinski definition) is 6. The van der Waals surface area contributed by atoms with E-state index in [4.69, 9.17) is 0 Å². The van der Waals surface area contributed by atoms with Crippen LogP contribution in [0.3, 0.4) is 0 Å². The Hall–Kier alpha value is -2.48. The highest BCUT2D eigenvalue weighted by Crippen LogP contribution is 2.16. The smallest absolute Gasteiger partial charge is 0.274 e. The predicted molar refractivity (Wildman–Crippen MR) is 77.8 cm³/mol. The molecule has 1 aromatic heterocycles. The fraction of sp³-hybridized carbons (Fsp3) is 0.154. The van der Waals surface area contributed by atoms with Crippen LogP contribution in [0.4, 0.5) is 11.5 Å². The Morgan fingerprint density at radius 3 is 2.48 bits per heavy atom. The van der Waals surface area contributed by atoms with Crippen LogP contribution in [0, 0.1) is 10.1 Å². The van der Waals surface area contributed by atoms with Crippen molar-refractivity contribution < 1.29 is 13.3 Å². The number of aromatic nitrogens is 1. The van der Waals surface area contributed by atoms with Crippen molar-refractivity contribution in [3.05, 3.63) is 58.3 Å². The maximum atomic E-state index is 11.3. The molecule has 0 bridgehead atoms. The molecule has 0 radical (unpaired) electrons. The van der Waals surface area contributed by atoms with Crippen LogP contribution >= 0.6 is 0 Å². The summed E-state index contributed by atoms with van der Waals surface area (Å²) in [5.41, 5.74) is 0.802. The van der Waals surface area contributed by atoms with Gasteiger partial charge in [-0.25, -0.2) is 13.4 Å². The van der Waals surface area contributed by atoms with E-state index in [1.165, 1.54) is 30.5 Å². The lowest BCUT2D eigenvalue weighted by Gasteiger charge is -2.06. The zero-order chi connectivity index (χ0) is 15.5. The molecule has 0 fully saturated rings. The Kier molecular flexibility index (Phi) is 4.18. The highest BCUT2D eigenvalue weighted by atomic mass is 32.2. The summed E-state index contributed by atoms with van der Waals surface area (Å²) < 4.78 is 22.7. The summed E-state index contributed by atoms with van der Waals surface area (Å²) in [4.78, 5) is 14.4. The van der Waals surface area contributed by atoms with Crippen molar-refractivity contribution in [3.8, 4) is 0 Å². The quantitative estimate of drug-likeness (QED) is 0.669. The lowest BCUT2D eigenvalue weighted by molar-refractivity contribution is -0.384. The van der Waals surface area contributed by atoms with Crippen LogP contribution in [0.1, 0.15) is 5.56 Å². The van der Waals surface area contributed by atoms with Crippen LogP contribution in [0.25, 0.3) is 0 Å². The van der Waals surface area contributed by atoms with Crippen LogP contribution < -0.4 is 5.32 Å². The minimum atomic E-state index is -3.21. The molecule has 0 aliphatic carbocycles. The number of nitro groups is 1. The molecule has 0 aliphatic rings. The first kappa shape index (κ1) is 14.9. The normalized spacial score (nSPS) is 11.1. The number of anilines is 1. The van der Waals surface area contributed by atoms with E-state index in [1.54, 1.807) is 12.1 Å². The van der Waals surface area contributed by atoms with Gasteiger partial charge in [0.25, 0.3) is 5.69 Å². The molecule has 1 heterocycles. The second-order valence-electron chi connectivity index (χ2n) is 4.43. The van der Waals surface area contributed by atoms with E-state index in [-0.39, 0.29) is 10.6 Å². The number of pyridine rings is 1. The summed E-state index contributed by atoms with van der Waals surface area (Å²) in [5.74, 6) is 0.386. The summed E-state index contributed by atoms with van der Waals surface area (Å²) in [7, 11) is -3.21. The van der Waals surface area contributed by atoms with Gasteiger partial charge in [0, 0.05) is 25.1 Å². The molecule has 0 aliphatic heterocycles.